The SMILES string of the molecule is Cc1ccc(F)c(NC(=O)Nc2ccc(Oc3ccnc4cc(C(=O)NCCN(CC(=O)O)CC(=O)O)sc34)cc2F)c1. The van der Waals surface area contributed by atoms with Crippen molar-refractivity contribution < 1.29 is 42.9 Å². The fourth-order valence-corrected chi connectivity index (χ4v) is 4.90. The first kappa shape index (κ1) is 30.8. The Bertz CT molecular complexity index is 1680. The molecule has 2 aromatic carbocycles. The van der Waals surface area contributed by atoms with Crippen LogP contribution < -0.4 is 20.7 Å². The summed E-state index contributed by atoms with van der Waals surface area (Å²) in [5.74, 6) is -3.93. The molecule has 0 bridgehead atoms. The van der Waals surface area contributed by atoms with Crippen LogP contribution in [0.15, 0.2) is 54.7 Å². The third kappa shape index (κ3) is 8.43. The zero-order chi connectivity index (χ0) is 31.1. The summed E-state index contributed by atoms with van der Waals surface area (Å²) in [4.78, 5) is 52.5. The average molecular weight is 614 g/mol. The van der Waals surface area contributed by atoms with E-state index in [0.717, 1.165) is 23.0 Å². The van der Waals surface area contributed by atoms with Gasteiger partial charge in [-0.2, -0.15) is 0 Å². The predicted molar refractivity (Wildman–Crippen MR) is 154 cm³/mol. The van der Waals surface area contributed by atoms with Gasteiger partial charge in [0, 0.05) is 31.4 Å². The number of thiophene rings is 1. The van der Waals surface area contributed by atoms with E-state index < -0.39 is 48.6 Å². The second-order valence-corrected chi connectivity index (χ2v) is 10.2. The Labute approximate surface area is 246 Å². The highest BCUT2D eigenvalue weighted by Crippen LogP contribution is 2.35. The van der Waals surface area contributed by atoms with Crippen molar-refractivity contribution in [2.24, 2.45) is 0 Å². The molecule has 0 unspecified atom stereocenters. The molecule has 0 atom stereocenters. The molecule has 4 aromatic rings. The summed E-state index contributed by atoms with van der Waals surface area (Å²) in [6.07, 6.45) is 1.45. The Morgan fingerprint density at radius 3 is 2.35 bits per heavy atom. The van der Waals surface area contributed by atoms with Gasteiger partial charge in [-0.3, -0.25) is 24.3 Å². The minimum atomic E-state index is -1.19. The maximum absolute atomic E-state index is 14.8. The van der Waals surface area contributed by atoms with E-state index in [1.807, 2.05) is 0 Å². The number of carbonyl (C=O) groups is 4. The number of hydrogen-bond acceptors (Lipinski definition) is 8. The summed E-state index contributed by atoms with van der Waals surface area (Å²) in [6, 6.07) is 10.2. The number of aromatic nitrogens is 1. The molecule has 4 rings (SSSR count). The van der Waals surface area contributed by atoms with Gasteiger partial charge in [0.2, 0.25) is 0 Å². The van der Waals surface area contributed by atoms with Gasteiger partial charge < -0.3 is 30.9 Å². The molecule has 0 fully saturated rings. The van der Waals surface area contributed by atoms with Gasteiger partial charge in [-0.15, -0.1) is 11.3 Å². The molecule has 3 amide bonds. The quantitative estimate of drug-likeness (QED) is 0.154. The second kappa shape index (κ2) is 13.7. The van der Waals surface area contributed by atoms with Crippen molar-refractivity contribution in [1.82, 2.24) is 15.2 Å². The van der Waals surface area contributed by atoms with E-state index in [1.165, 1.54) is 47.5 Å². The van der Waals surface area contributed by atoms with Crippen molar-refractivity contribution in [3.63, 3.8) is 0 Å². The number of carboxylic acids is 2. The molecule has 0 aliphatic heterocycles. The molecule has 2 aromatic heterocycles. The maximum Gasteiger partial charge on any atom is 0.323 e. The minimum Gasteiger partial charge on any atom is -0.480 e. The van der Waals surface area contributed by atoms with Gasteiger partial charge in [0.15, 0.2) is 0 Å². The number of aryl methyl sites for hydroxylation is 1. The first-order chi connectivity index (χ1) is 20.5. The predicted octanol–water partition coefficient (Wildman–Crippen LogP) is 4.52. The van der Waals surface area contributed by atoms with Crippen LogP contribution in [-0.4, -0.2) is 70.2 Å². The van der Waals surface area contributed by atoms with Crippen LogP contribution in [0.2, 0.25) is 0 Å². The monoisotopic (exact) mass is 613 g/mol. The lowest BCUT2D eigenvalue weighted by Crippen LogP contribution is -2.40. The molecule has 0 spiro atoms. The van der Waals surface area contributed by atoms with E-state index in [0.29, 0.717) is 10.2 Å². The van der Waals surface area contributed by atoms with Gasteiger partial charge in [0.1, 0.15) is 23.1 Å². The lowest BCUT2D eigenvalue weighted by Gasteiger charge is -2.17. The molecular formula is C28H25F2N5O7S. The Kier molecular flexibility index (Phi) is 9.80. The molecule has 0 radical (unpaired) electrons. The Morgan fingerprint density at radius 2 is 1.65 bits per heavy atom. The molecule has 0 saturated heterocycles. The summed E-state index contributed by atoms with van der Waals surface area (Å²) in [7, 11) is 0. The fourth-order valence-electron chi connectivity index (χ4n) is 3.92. The van der Waals surface area contributed by atoms with Gasteiger partial charge in [0.25, 0.3) is 5.91 Å². The van der Waals surface area contributed by atoms with Crippen molar-refractivity contribution in [2.45, 2.75) is 6.92 Å². The highest BCUT2D eigenvalue weighted by Gasteiger charge is 2.17. The topological polar surface area (TPSA) is 170 Å². The van der Waals surface area contributed by atoms with Crippen LogP contribution >= 0.6 is 11.3 Å². The van der Waals surface area contributed by atoms with E-state index in [2.05, 4.69) is 20.9 Å². The number of amides is 3. The fraction of sp³-hybridized carbons (Fsp3) is 0.179. The highest BCUT2D eigenvalue weighted by molar-refractivity contribution is 7.21. The van der Waals surface area contributed by atoms with Crippen molar-refractivity contribution in [1.29, 1.82) is 0 Å². The summed E-state index contributed by atoms with van der Waals surface area (Å²) >= 11 is 1.06. The number of fused-ring (bicyclic) bond motifs is 1. The van der Waals surface area contributed by atoms with Crippen LogP contribution in [0.3, 0.4) is 0 Å². The highest BCUT2D eigenvalue weighted by atomic mass is 32.1. The largest absolute Gasteiger partial charge is 0.480 e. The number of halogens is 2. The number of anilines is 2. The number of rotatable bonds is 12. The van der Waals surface area contributed by atoms with Gasteiger partial charge in [-0.05, 0) is 42.8 Å². The lowest BCUT2D eigenvalue weighted by atomic mass is 10.2. The zero-order valence-corrected chi connectivity index (χ0v) is 23.3. The molecule has 12 nitrogen and oxygen atoms in total. The van der Waals surface area contributed by atoms with Crippen molar-refractivity contribution in [3.05, 3.63) is 76.8 Å². The lowest BCUT2D eigenvalue weighted by molar-refractivity contribution is -0.141. The summed E-state index contributed by atoms with van der Waals surface area (Å²) in [6.45, 7) is 0.752. The number of ether oxygens (including phenoxy) is 1. The Balaban J connectivity index is 1.40. The van der Waals surface area contributed by atoms with Crippen molar-refractivity contribution in [2.75, 3.05) is 36.8 Å². The van der Waals surface area contributed by atoms with Crippen LogP contribution in [0.25, 0.3) is 10.2 Å². The number of carbonyl (C=O) groups excluding carboxylic acids is 2. The number of nitrogens with one attached hydrogen (secondary N) is 3. The molecule has 0 aliphatic carbocycles. The third-order valence-corrected chi connectivity index (χ3v) is 6.96. The van der Waals surface area contributed by atoms with Crippen LogP contribution in [0.5, 0.6) is 11.5 Å². The van der Waals surface area contributed by atoms with Gasteiger partial charge in [-0.1, -0.05) is 6.07 Å². The molecule has 5 N–H and O–H groups in total. The normalized spacial score (nSPS) is 10.9. The Morgan fingerprint density at radius 1 is 0.930 bits per heavy atom. The standard InChI is InChI=1S/C28H25F2N5O7S/c1-15-2-4-17(29)20(10-15)34-28(41)33-19-5-3-16(11-18(19)30)42-22-6-7-31-21-12-23(43-26(21)22)27(40)32-8-9-35(13-24(36)37)14-25(38)39/h2-7,10-12H,8-9,13-14H2,1H3,(H,32,40)(H,36,37)(H,38,39)(H2,33,34,41). The zero-order valence-electron chi connectivity index (χ0n) is 22.5. The number of nitrogens with zero attached hydrogens (tertiary/aromatic N) is 2. The molecule has 15 heteroatoms. The van der Waals surface area contributed by atoms with Crippen molar-refractivity contribution in [3.8, 4) is 11.5 Å². The first-order valence-corrected chi connectivity index (χ1v) is 13.4. The summed E-state index contributed by atoms with van der Waals surface area (Å²) in [5, 5.41) is 25.1. The van der Waals surface area contributed by atoms with Crippen LogP contribution in [0, 0.1) is 18.6 Å². The van der Waals surface area contributed by atoms with E-state index in [-0.39, 0.29) is 40.8 Å². The number of benzene rings is 2. The minimum absolute atomic E-state index is 0.00202. The number of aliphatic carboxylic acids is 2. The van der Waals surface area contributed by atoms with E-state index in [4.69, 9.17) is 14.9 Å². The number of carboxylic acid groups (broad SMARTS) is 2. The van der Waals surface area contributed by atoms with E-state index in [9.17, 15) is 28.0 Å². The smallest absolute Gasteiger partial charge is 0.323 e. The molecule has 43 heavy (non-hydrogen) atoms. The molecule has 0 aliphatic rings. The molecule has 2 heterocycles. The average Bonchev–Trinajstić information content (AvgIpc) is 3.37. The summed E-state index contributed by atoms with van der Waals surface area (Å²) in [5.41, 5.74) is 0.940. The van der Waals surface area contributed by atoms with Gasteiger partial charge >= 0.3 is 18.0 Å². The molecular weight excluding hydrogens is 588 g/mol. The number of pyridine rings is 1. The van der Waals surface area contributed by atoms with Crippen LogP contribution in [-0.2, 0) is 9.59 Å². The molecule has 0 saturated carbocycles. The van der Waals surface area contributed by atoms with E-state index >= 15 is 0 Å². The van der Waals surface area contributed by atoms with Gasteiger partial charge in [0.05, 0.1) is 39.6 Å². The number of urea groups is 1. The molecule has 224 valence electrons. The van der Waals surface area contributed by atoms with Crippen LogP contribution in [0.1, 0.15) is 15.2 Å². The third-order valence-electron chi connectivity index (χ3n) is 5.82. The van der Waals surface area contributed by atoms with Gasteiger partial charge in [-0.25, -0.2) is 13.6 Å². The number of hydrogen-bond donors (Lipinski definition) is 5. The summed E-state index contributed by atoms with van der Waals surface area (Å²) < 4.78 is 35.1. The first-order valence-electron chi connectivity index (χ1n) is 12.6. The maximum atomic E-state index is 14.8. The van der Waals surface area contributed by atoms with Crippen LogP contribution in [0.4, 0.5) is 25.0 Å². The van der Waals surface area contributed by atoms with E-state index in [1.54, 1.807) is 13.0 Å². The second-order valence-electron chi connectivity index (χ2n) is 9.19. The Hall–Kier alpha value is -5.15. The van der Waals surface area contributed by atoms with Crippen molar-refractivity contribution >= 4 is 56.8 Å².